The van der Waals surface area contributed by atoms with Crippen LogP contribution in [0.15, 0.2) is 11.6 Å². The van der Waals surface area contributed by atoms with E-state index in [1.165, 1.54) is 6.92 Å². The van der Waals surface area contributed by atoms with Gasteiger partial charge in [-0.2, -0.15) is 0 Å². The summed E-state index contributed by atoms with van der Waals surface area (Å²) in [5.41, 5.74) is -2.06. The van der Waals surface area contributed by atoms with Gasteiger partial charge in [-0.05, 0) is 20.8 Å². The number of hydrogen-bond acceptors (Lipinski definition) is 6. The van der Waals surface area contributed by atoms with Crippen LogP contribution in [-0.2, 0) is 28.7 Å². The minimum absolute atomic E-state index is 0.336. The molecule has 6 heteroatoms. The molecule has 0 heterocycles. The maximum Gasteiger partial charge on any atom is 0.335 e. The van der Waals surface area contributed by atoms with Crippen molar-refractivity contribution >= 4 is 23.5 Å². The van der Waals surface area contributed by atoms with E-state index < -0.39 is 28.9 Å². The van der Waals surface area contributed by atoms with E-state index in [-0.39, 0.29) is 5.57 Å². The second-order valence-corrected chi connectivity index (χ2v) is 3.81. The second kappa shape index (κ2) is 6.09. The van der Waals surface area contributed by atoms with Crippen LogP contribution in [0.3, 0.4) is 0 Å². The molecule has 0 amide bonds. The van der Waals surface area contributed by atoms with Crippen LogP contribution in [0.1, 0.15) is 20.8 Å². The van der Waals surface area contributed by atoms with Crippen LogP contribution in [-0.4, -0.2) is 37.7 Å². The van der Waals surface area contributed by atoms with Crippen LogP contribution in [0.4, 0.5) is 0 Å². The van der Waals surface area contributed by atoms with Gasteiger partial charge in [-0.1, -0.05) is 0 Å². The van der Waals surface area contributed by atoms with Gasteiger partial charge in [0.2, 0.25) is 0 Å². The highest BCUT2D eigenvalue weighted by atomic mass is 16.5. The van der Waals surface area contributed by atoms with Gasteiger partial charge >= 0.3 is 11.9 Å². The Kier molecular flexibility index (Phi) is 5.42. The molecule has 0 radical (unpaired) electrons. The van der Waals surface area contributed by atoms with Crippen molar-refractivity contribution in [3.8, 4) is 0 Å². The third kappa shape index (κ3) is 3.03. The van der Waals surface area contributed by atoms with Gasteiger partial charge in [0, 0.05) is 6.08 Å². The highest BCUT2D eigenvalue weighted by Crippen LogP contribution is 2.30. The summed E-state index contributed by atoms with van der Waals surface area (Å²) < 4.78 is 8.87. The van der Waals surface area contributed by atoms with Crippen molar-refractivity contribution in [2.75, 3.05) is 14.2 Å². The summed E-state index contributed by atoms with van der Waals surface area (Å²) in [6, 6.07) is 0. The summed E-state index contributed by atoms with van der Waals surface area (Å²) in [5, 5.41) is 0. The van der Waals surface area contributed by atoms with E-state index in [0.29, 0.717) is 0 Å². The molecule has 18 heavy (non-hydrogen) atoms. The molecule has 0 aliphatic carbocycles. The summed E-state index contributed by atoms with van der Waals surface area (Å²) in [7, 11) is 2.21. The molecular formula is C12H16O6. The predicted octanol–water partition coefficient (Wildman–Crippen LogP) is 0.443. The molecule has 0 spiro atoms. The van der Waals surface area contributed by atoms with Crippen molar-refractivity contribution in [3.05, 3.63) is 11.6 Å². The number of hydrogen-bond donors (Lipinski definition) is 0. The molecule has 0 aromatic carbocycles. The van der Waals surface area contributed by atoms with E-state index in [0.717, 1.165) is 34.1 Å². The molecule has 0 unspecified atom stereocenters. The Morgan fingerprint density at radius 2 is 1.39 bits per heavy atom. The predicted molar refractivity (Wildman–Crippen MR) is 61.6 cm³/mol. The number of carbonyl (C=O) groups is 4. The lowest BCUT2D eigenvalue weighted by molar-refractivity contribution is -0.144. The van der Waals surface area contributed by atoms with Crippen LogP contribution in [0.2, 0.25) is 0 Å². The van der Waals surface area contributed by atoms with Crippen LogP contribution in [0.25, 0.3) is 0 Å². The third-order valence-corrected chi connectivity index (χ3v) is 2.82. The van der Waals surface area contributed by atoms with Gasteiger partial charge in [-0.3, -0.25) is 9.59 Å². The monoisotopic (exact) mass is 256 g/mol. The fraction of sp³-hybridized carbons (Fsp3) is 0.500. The molecule has 0 fully saturated rings. The number of esters is 2. The highest BCUT2D eigenvalue weighted by Gasteiger charge is 2.43. The Morgan fingerprint density at radius 3 is 1.67 bits per heavy atom. The first-order chi connectivity index (χ1) is 8.21. The number of Topliss-reactive ketones (excluding diaryl/α,β-unsaturated/α-hetero) is 2. The lowest BCUT2D eigenvalue weighted by Crippen LogP contribution is -2.39. The van der Waals surface area contributed by atoms with Gasteiger partial charge in [0.1, 0.15) is 17.0 Å². The Morgan fingerprint density at radius 1 is 0.944 bits per heavy atom. The van der Waals surface area contributed by atoms with E-state index in [4.69, 9.17) is 0 Å². The van der Waals surface area contributed by atoms with Crippen molar-refractivity contribution in [1.82, 2.24) is 0 Å². The first-order valence-electron chi connectivity index (χ1n) is 5.12. The van der Waals surface area contributed by atoms with Crippen molar-refractivity contribution in [2.24, 2.45) is 5.41 Å². The lowest BCUT2D eigenvalue weighted by Gasteiger charge is -2.24. The molecule has 0 aliphatic heterocycles. The maximum absolute atomic E-state index is 11.6. The zero-order valence-corrected chi connectivity index (χ0v) is 11.0. The molecule has 6 nitrogen and oxygen atoms in total. The van der Waals surface area contributed by atoms with Crippen LogP contribution in [0.5, 0.6) is 0 Å². The van der Waals surface area contributed by atoms with Crippen molar-refractivity contribution in [1.29, 1.82) is 0 Å². The van der Waals surface area contributed by atoms with Crippen molar-refractivity contribution < 1.29 is 28.7 Å². The molecule has 0 N–H and O–H groups in total. The van der Waals surface area contributed by atoms with E-state index in [2.05, 4.69) is 9.47 Å². The molecule has 0 saturated heterocycles. The van der Waals surface area contributed by atoms with E-state index in [1.54, 1.807) is 0 Å². The second-order valence-electron chi connectivity index (χ2n) is 3.81. The number of ketones is 2. The summed E-state index contributed by atoms with van der Waals surface area (Å²) in [6.07, 6.45) is 0.800. The average Bonchev–Trinajstić information content (AvgIpc) is 2.32. The largest absolute Gasteiger partial charge is 0.466 e. The molecule has 0 aromatic heterocycles. The van der Waals surface area contributed by atoms with Gasteiger partial charge in [-0.25, -0.2) is 9.59 Å². The third-order valence-electron chi connectivity index (χ3n) is 2.82. The fourth-order valence-electron chi connectivity index (χ4n) is 1.32. The zero-order chi connectivity index (χ0) is 14.5. The Bertz CT molecular complexity index is 404. The van der Waals surface area contributed by atoms with Crippen LogP contribution < -0.4 is 0 Å². The van der Waals surface area contributed by atoms with Gasteiger partial charge in [0.25, 0.3) is 0 Å². The van der Waals surface area contributed by atoms with Gasteiger partial charge < -0.3 is 9.47 Å². The van der Waals surface area contributed by atoms with Crippen molar-refractivity contribution in [2.45, 2.75) is 20.8 Å². The molecule has 0 atom stereocenters. The zero-order valence-electron chi connectivity index (χ0n) is 11.0. The van der Waals surface area contributed by atoms with E-state index in [1.807, 2.05) is 0 Å². The molecule has 0 aromatic rings. The Hall–Kier alpha value is -1.98. The average molecular weight is 256 g/mol. The summed E-state index contributed by atoms with van der Waals surface area (Å²) in [4.78, 5) is 46.1. The Labute approximate surface area is 105 Å². The van der Waals surface area contributed by atoms with E-state index >= 15 is 0 Å². The minimum atomic E-state index is -1.72. The topological polar surface area (TPSA) is 86.7 Å². The van der Waals surface area contributed by atoms with Gasteiger partial charge in [0.05, 0.1) is 19.8 Å². The van der Waals surface area contributed by atoms with Gasteiger partial charge in [-0.15, -0.1) is 0 Å². The minimum Gasteiger partial charge on any atom is -0.466 e. The standard InChI is InChI=1S/C12H16O6/c1-7(13)12(3,8(2)14)9(11(16)18-5)6-10(15)17-4/h6H,1-5H3/b9-6+. The maximum atomic E-state index is 11.6. The number of ether oxygens (including phenoxy) is 2. The molecule has 0 aliphatic rings. The highest BCUT2D eigenvalue weighted by molar-refractivity contribution is 6.16. The molecule has 0 saturated carbocycles. The molecular weight excluding hydrogens is 240 g/mol. The molecule has 0 bridgehead atoms. The smallest absolute Gasteiger partial charge is 0.335 e. The summed E-state index contributed by atoms with van der Waals surface area (Å²) in [5.74, 6) is -2.89. The van der Waals surface area contributed by atoms with Crippen LogP contribution >= 0.6 is 0 Å². The first kappa shape index (κ1) is 16.0. The summed E-state index contributed by atoms with van der Waals surface area (Å²) >= 11 is 0. The number of carbonyl (C=O) groups excluding carboxylic acids is 4. The quantitative estimate of drug-likeness (QED) is 0.403. The van der Waals surface area contributed by atoms with Gasteiger partial charge in [0.15, 0.2) is 0 Å². The first-order valence-corrected chi connectivity index (χ1v) is 5.12. The number of rotatable bonds is 5. The lowest BCUT2D eigenvalue weighted by atomic mass is 9.75. The SMILES string of the molecule is COC(=O)/C=C(\C(=O)OC)C(C)(C(C)=O)C(C)=O. The Balaban J connectivity index is 5.92. The normalized spacial score (nSPS) is 11.7. The molecule has 0 rings (SSSR count). The van der Waals surface area contributed by atoms with E-state index in [9.17, 15) is 19.2 Å². The van der Waals surface area contributed by atoms with Crippen molar-refractivity contribution in [3.63, 3.8) is 0 Å². The fourth-order valence-corrected chi connectivity index (χ4v) is 1.32. The number of methoxy groups -OCH3 is 2. The summed E-state index contributed by atoms with van der Waals surface area (Å²) in [6.45, 7) is 3.59. The van der Waals surface area contributed by atoms with Crippen LogP contribution in [0, 0.1) is 5.41 Å². The molecule has 100 valence electrons.